The lowest BCUT2D eigenvalue weighted by molar-refractivity contribution is -0.149. The Bertz CT molecular complexity index is 1770. The first-order valence-corrected chi connectivity index (χ1v) is 14.9. The first kappa shape index (κ1) is 32.2. The van der Waals surface area contributed by atoms with E-state index in [1.807, 2.05) is 58.2 Å². The number of rotatable bonds is 8. The summed E-state index contributed by atoms with van der Waals surface area (Å²) >= 11 is 0. The predicted molar refractivity (Wildman–Crippen MR) is 167 cm³/mol. The summed E-state index contributed by atoms with van der Waals surface area (Å²) in [5.41, 5.74) is 7.15. The van der Waals surface area contributed by atoms with E-state index < -0.39 is 12.7 Å². The van der Waals surface area contributed by atoms with Gasteiger partial charge in [0, 0.05) is 72.3 Å². The normalized spacial score (nSPS) is 15.4. The number of aryl methyl sites for hydroxylation is 3. The molecule has 45 heavy (non-hydrogen) atoms. The van der Waals surface area contributed by atoms with E-state index in [9.17, 15) is 22.8 Å². The number of carbonyl (C=O) groups is 1. The molecule has 1 atom stereocenters. The number of hydrogen-bond donors (Lipinski definition) is 2. The van der Waals surface area contributed by atoms with Crippen molar-refractivity contribution in [3.63, 3.8) is 0 Å². The summed E-state index contributed by atoms with van der Waals surface area (Å²) < 4.78 is 46.6. The van der Waals surface area contributed by atoms with Crippen LogP contribution in [0.3, 0.4) is 0 Å². The molecule has 1 fully saturated rings. The molecule has 9 nitrogen and oxygen atoms in total. The number of aromatic amines is 1. The van der Waals surface area contributed by atoms with Crippen LogP contribution < -0.4 is 15.6 Å². The summed E-state index contributed by atoms with van der Waals surface area (Å²) in [6.07, 6.45) is -2.26. The van der Waals surface area contributed by atoms with Crippen LogP contribution in [0.25, 0.3) is 16.6 Å². The van der Waals surface area contributed by atoms with Gasteiger partial charge < -0.3 is 19.4 Å². The van der Waals surface area contributed by atoms with Crippen LogP contribution in [0.1, 0.15) is 57.2 Å². The molecule has 0 saturated carbocycles. The van der Waals surface area contributed by atoms with Crippen molar-refractivity contribution in [1.82, 2.24) is 29.5 Å². The van der Waals surface area contributed by atoms with Crippen LogP contribution in [0.5, 0.6) is 5.75 Å². The number of pyridine rings is 3. The number of amides is 1. The van der Waals surface area contributed by atoms with Gasteiger partial charge in [0.2, 0.25) is 0 Å². The summed E-state index contributed by atoms with van der Waals surface area (Å²) in [6, 6.07) is 9.38. The Hall–Kier alpha value is -4.16. The number of alkyl halides is 3. The second kappa shape index (κ2) is 12.7. The van der Waals surface area contributed by atoms with Crippen molar-refractivity contribution in [1.29, 1.82) is 0 Å². The minimum atomic E-state index is -4.24. The highest BCUT2D eigenvalue weighted by Gasteiger charge is 2.34. The maximum Gasteiger partial charge on any atom is 0.401 e. The molecule has 1 aliphatic heterocycles. The van der Waals surface area contributed by atoms with Crippen LogP contribution in [0, 0.1) is 27.7 Å². The van der Waals surface area contributed by atoms with Crippen LogP contribution in [-0.4, -0.2) is 76.1 Å². The fourth-order valence-electron chi connectivity index (χ4n) is 6.38. The summed E-state index contributed by atoms with van der Waals surface area (Å²) in [6.45, 7) is 10.1. The topological polar surface area (TPSA) is 95.0 Å². The molecule has 0 aromatic carbocycles. The van der Waals surface area contributed by atoms with Gasteiger partial charge in [-0.3, -0.25) is 24.4 Å². The van der Waals surface area contributed by atoms with Gasteiger partial charge in [0.05, 0.1) is 31.3 Å². The minimum absolute atomic E-state index is 0.0368. The van der Waals surface area contributed by atoms with E-state index in [2.05, 4.69) is 24.6 Å². The van der Waals surface area contributed by atoms with E-state index in [0.29, 0.717) is 48.7 Å². The van der Waals surface area contributed by atoms with E-state index in [1.54, 1.807) is 13.0 Å². The molecule has 2 N–H and O–H groups in total. The largest absolute Gasteiger partial charge is 0.496 e. The number of hydrogen-bond acceptors (Lipinski definition) is 6. The van der Waals surface area contributed by atoms with Gasteiger partial charge in [-0.05, 0) is 76.1 Å². The van der Waals surface area contributed by atoms with Crippen LogP contribution in [0.15, 0.2) is 41.3 Å². The number of halogens is 3. The molecule has 4 aromatic heterocycles. The van der Waals surface area contributed by atoms with E-state index in [4.69, 9.17) is 4.74 Å². The first-order valence-electron chi connectivity index (χ1n) is 14.9. The molecule has 1 saturated heterocycles. The quantitative estimate of drug-likeness (QED) is 0.283. The Morgan fingerprint density at radius 1 is 1.07 bits per heavy atom. The van der Waals surface area contributed by atoms with Gasteiger partial charge in [0.1, 0.15) is 5.75 Å². The summed E-state index contributed by atoms with van der Waals surface area (Å²) in [5, 5.41) is 2.91. The maximum absolute atomic E-state index is 13.9. The maximum atomic E-state index is 13.9. The Morgan fingerprint density at radius 2 is 1.73 bits per heavy atom. The molecule has 4 aromatic rings. The third-order valence-corrected chi connectivity index (χ3v) is 8.52. The number of methoxy groups -OCH3 is 1. The van der Waals surface area contributed by atoms with Crippen molar-refractivity contribution in [2.75, 3.05) is 39.8 Å². The zero-order valence-electron chi connectivity index (χ0n) is 26.4. The number of piperazine rings is 1. The third-order valence-electron chi connectivity index (χ3n) is 8.52. The second-order valence-electron chi connectivity index (χ2n) is 11.8. The third kappa shape index (κ3) is 6.91. The zero-order chi connectivity index (χ0) is 32.6. The molecule has 12 heteroatoms. The number of aromatic nitrogens is 3. The van der Waals surface area contributed by atoms with Gasteiger partial charge in [-0.2, -0.15) is 13.2 Å². The van der Waals surface area contributed by atoms with Crippen molar-refractivity contribution < 1.29 is 22.7 Å². The standard InChI is InChI=1S/C33H39F3N6O3/c1-19-13-24(14-20(2)38-19)25-7-8-42-28(25)16-26(31(43)37-17-27-29(45-6)15-21(3)39-32(27)44)22(4)30(42)23(5)41-11-9-40(10-12-41)18-33(34,35)36/h7-8,13-16,23H,9-12,17-18H2,1-6H3,(H,37,43)(H,39,44). The summed E-state index contributed by atoms with van der Waals surface area (Å²) in [5.74, 6) is 0.0368. The van der Waals surface area contributed by atoms with E-state index >= 15 is 0 Å². The molecule has 1 amide bonds. The number of ether oxygens (including phenoxy) is 1. The fraction of sp³-hybridized carbons (Fsp3) is 0.424. The Kier molecular flexibility index (Phi) is 9.09. The summed E-state index contributed by atoms with van der Waals surface area (Å²) in [4.78, 5) is 37.4. The monoisotopic (exact) mass is 624 g/mol. The molecular formula is C33H39F3N6O3. The smallest absolute Gasteiger partial charge is 0.401 e. The summed E-state index contributed by atoms with van der Waals surface area (Å²) in [7, 11) is 1.48. The Balaban J connectivity index is 1.55. The fourth-order valence-corrected chi connectivity index (χ4v) is 6.38. The van der Waals surface area contributed by atoms with E-state index in [-0.39, 0.29) is 24.1 Å². The number of carbonyl (C=O) groups excluding carboxylic acids is 1. The van der Waals surface area contributed by atoms with Crippen LogP contribution in [0.2, 0.25) is 0 Å². The van der Waals surface area contributed by atoms with Crippen LogP contribution in [-0.2, 0) is 6.54 Å². The van der Waals surface area contributed by atoms with Crippen molar-refractivity contribution in [3.05, 3.63) is 86.3 Å². The zero-order valence-corrected chi connectivity index (χ0v) is 26.4. The molecule has 0 radical (unpaired) electrons. The molecule has 240 valence electrons. The highest BCUT2D eigenvalue weighted by atomic mass is 19.4. The van der Waals surface area contributed by atoms with Crippen molar-refractivity contribution >= 4 is 11.4 Å². The Labute approximate surface area is 260 Å². The van der Waals surface area contributed by atoms with Crippen molar-refractivity contribution in [2.24, 2.45) is 0 Å². The highest BCUT2D eigenvalue weighted by Crippen LogP contribution is 2.34. The lowest BCUT2D eigenvalue weighted by atomic mass is 9.98. The first-order chi connectivity index (χ1) is 21.3. The van der Waals surface area contributed by atoms with Gasteiger partial charge >= 0.3 is 6.18 Å². The minimum Gasteiger partial charge on any atom is -0.496 e. The lowest BCUT2D eigenvalue weighted by Crippen LogP contribution is -2.49. The molecule has 0 bridgehead atoms. The van der Waals surface area contributed by atoms with Crippen LogP contribution in [0.4, 0.5) is 13.2 Å². The molecule has 1 unspecified atom stereocenters. The molecule has 5 rings (SSSR count). The number of H-pyrrole nitrogens is 1. The Morgan fingerprint density at radius 3 is 2.36 bits per heavy atom. The van der Waals surface area contributed by atoms with Gasteiger partial charge in [0.15, 0.2) is 0 Å². The number of nitrogens with zero attached hydrogens (tertiary/aromatic N) is 4. The van der Waals surface area contributed by atoms with Gasteiger partial charge in [-0.15, -0.1) is 0 Å². The van der Waals surface area contributed by atoms with E-state index in [0.717, 1.165) is 39.3 Å². The highest BCUT2D eigenvalue weighted by molar-refractivity contribution is 5.98. The second-order valence-corrected chi connectivity index (χ2v) is 11.8. The van der Waals surface area contributed by atoms with Gasteiger partial charge in [-0.1, -0.05) is 0 Å². The predicted octanol–water partition coefficient (Wildman–Crippen LogP) is 5.10. The van der Waals surface area contributed by atoms with Crippen molar-refractivity contribution in [2.45, 2.75) is 53.4 Å². The molecular weight excluding hydrogens is 585 g/mol. The van der Waals surface area contributed by atoms with Gasteiger partial charge in [0.25, 0.3) is 11.5 Å². The van der Waals surface area contributed by atoms with Gasteiger partial charge in [-0.25, -0.2) is 0 Å². The molecule has 0 aliphatic carbocycles. The lowest BCUT2D eigenvalue weighted by Gasteiger charge is -2.39. The number of nitrogens with one attached hydrogen (secondary N) is 2. The average Bonchev–Trinajstić information content (AvgIpc) is 3.38. The molecule has 1 aliphatic rings. The number of fused-ring (bicyclic) bond motifs is 1. The SMILES string of the molecule is COc1cc(C)[nH]c(=O)c1CNC(=O)c1cc2c(-c3cc(C)nc(C)c3)ccn2c(C(C)N2CCN(CC(F)(F)F)CC2)c1C. The molecule has 0 spiro atoms. The van der Waals surface area contributed by atoms with Crippen LogP contribution >= 0.6 is 0 Å². The molecule has 5 heterocycles. The van der Waals surface area contributed by atoms with Crippen molar-refractivity contribution in [3.8, 4) is 16.9 Å². The average molecular weight is 625 g/mol. The van der Waals surface area contributed by atoms with E-state index in [1.165, 1.54) is 12.0 Å².